The van der Waals surface area contributed by atoms with Gasteiger partial charge in [0.25, 0.3) is 0 Å². The van der Waals surface area contributed by atoms with Gasteiger partial charge in [-0.05, 0) is 39.3 Å². The van der Waals surface area contributed by atoms with Gasteiger partial charge in [0.1, 0.15) is 11.4 Å². The van der Waals surface area contributed by atoms with Gasteiger partial charge in [0.05, 0.1) is 0 Å². The number of carboxylic acid groups (broad SMARTS) is 1. The molecule has 1 heterocycles. The second-order valence-corrected chi connectivity index (χ2v) is 5.65. The van der Waals surface area contributed by atoms with Gasteiger partial charge in [0, 0.05) is 17.7 Å². The largest absolute Gasteiger partial charge is 0.478 e. The minimum absolute atomic E-state index is 0.0905. The van der Waals surface area contributed by atoms with Crippen LogP contribution >= 0.6 is 0 Å². The molecule has 0 bridgehead atoms. The molecule has 6 heteroatoms. The summed E-state index contributed by atoms with van der Waals surface area (Å²) in [5, 5.41) is 11.4. The number of hydrogen-bond donors (Lipinski definition) is 2. The molecular weight excluding hydrogens is 272 g/mol. The van der Waals surface area contributed by atoms with E-state index < -0.39 is 17.7 Å². The summed E-state index contributed by atoms with van der Waals surface area (Å²) >= 11 is 0. The molecule has 2 N–H and O–H groups in total. The maximum atomic E-state index is 11.6. The third-order valence-corrected chi connectivity index (χ3v) is 2.53. The van der Waals surface area contributed by atoms with E-state index in [-0.39, 0.29) is 12.0 Å². The predicted molar refractivity (Wildman–Crippen MR) is 79.3 cm³/mol. The molecule has 0 aliphatic heterocycles. The third-order valence-electron chi connectivity index (χ3n) is 2.53. The van der Waals surface area contributed by atoms with Gasteiger partial charge in [-0.1, -0.05) is 12.6 Å². The van der Waals surface area contributed by atoms with E-state index in [4.69, 9.17) is 9.84 Å². The average Bonchev–Trinajstić information content (AvgIpc) is 2.29. The Hall–Kier alpha value is -2.37. The van der Waals surface area contributed by atoms with Gasteiger partial charge >= 0.3 is 12.1 Å². The zero-order chi connectivity index (χ0) is 16.2. The first-order chi connectivity index (χ1) is 9.58. The molecule has 0 saturated carbocycles. The van der Waals surface area contributed by atoms with Crippen LogP contribution in [-0.4, -0.2) is 27.8 Å². The summed E-state index contributed by atoms with van der Waals surface area (Å²) in [4.78, 5) is 26.6. The van der Waals surface area contributed by atoms with Gasteiger partial charge in [-0.15, -0.1) is 0 Å². The van der Waals surface area contributed by atoms with Gasteiger partial charge in [0.2, 0.25) is 0 Å². The molecule has 0 spiro atoms. The third kappa shape index (κ3) is 5.64. The number of aryl methyl sites for hydroxylation is 1. The monoisotopic (exact) mass is 292 g/mol. The van der Waals surface area contributed by atoms with Gasteiger partial charge in [-0.3, -0.25) is 5.32 Å². The number of carboxylic acids is 1. The fourth-order valence-corrected chi connectivity index (χ4v) is 1.56. The number of rotatable bonds is 4. The summed E-state index contributed by atoms with van der Waals surface area (Å²) in [5.74, 6) is -0.684. The lowest BCUT2D eigenvalue weighted by Gasteiger charge is -2.19. The first-order valence-corrected chi connectivity index (χ1v) is 6.46. The molecule has 0 fully saturated rings. The van der Waals surface area contributed by atoms with Crippen LogP contribution in [0.5, 0.6) is 0 Å². The SMILES string of the molecule is C=C(Cc1ccc(NC(=O)OC(C)(C)C)nc1C)C(=O)O. The lowest BCUT2D eigenvalue weighted by molar-refractivity contribution is -0.132. The second-order valence-electron chi connectivity index (χ2n) is 5.65. The predicted octanol–water partition coefficient (Wildman–Crippen LogP) is 2.92. The van der Waals surface area contributed by atoms with Crippen molar-refractivity contribution in [1.82, 2.24) is 4.98 Å². The first-order valence-electron chi connectivity index (χ1n) is 6.46. The highest BCUT2D eigenvalue weighted by Gasteiger charge is 2.17. The van der Waals surface area contributed by atoms with Crippen LogP contribution in [-0.2, 0) is 16.0 Å². The fraction of sp³-hybridized carbons (Fsp3) is 0.400. The Kier molecular flexibility index (Phi) is 5.07. The Balaban J connectivity index is 2.76. The zero-order valence-electron chi connectivity index (χ0n) is 12.7. The Morgan fingerprint density at radius 1 is 1.38 bits per heavy atom. The van der Waals surface area contributed by atoms with Gasteiger partial charge in [0.15, 0.2) is 0 Å². The highest BCUT2D eigenvalue weighted by Crippen LogP contribution is 2.15. The Morgan fingerprint density at radius 3 is 2.48 bits per heavy atom. The Labute approximate surface area is 123 Å². The first kappa shape index (κ1) is 16.7. The highest BCUT2D eigenvalue weighted by molar-refractivity contribution is 5.86. The van der Waals surface area contributed by atoms with Crippen LogP contribution in [0.15, 0.2) is 24.3 Å². The van der Waals surface area contributed by atoms with Crippen molar-refractivity contribution in [3.8, 4) is 0 Å². The lowest BCUT2D eigenvalue weighted by Crippen LogP contribution is -2.27. The number of ether oxygens (including phenoxy) is 1. The normalized spacial score (nSPS) is 10.9. The smallest absolute Gasteiger partial charge is 0.413 e. The van der Waals surface area contributed by atoms with Crippen molar-refractivity contribution in [2.45, 2.75) is 39.7 Å². The van der Waals surface area contributed by atoms with Crippen molar-refractivity contribution < 1.29 is 19.4 Å². The van der Waals surface area contributed by atoms with Crippen LogP contribution in [0.4, 0.5) is 10.6 Å². The second kappa shape index (κ2) is 6.39. The van der Waals surface area contributed by atoms with Crippen LogP contribution in [0.3, 0.4) is 0 Å². The minimum Gasteiger partial charge on any atom is -0.478 e. The van der Waals surface area contributed by atoms with Gasteiger partial charge in [-0.25, -0.2) is 14.6 Å². The highest BCUT2D eigenvalue weighted by atomic mass is 16.6. The van der Waals surface area contributed by atoms with Crippen molar-refractivity contribution in [2.24, 2.45) is 0 Å². The summed E-state index contributed by atoms with van der Waals surface area (Å²) in [6.45, 7) is 10.5. The van der Waals surface area contributed by atoms with E-state index >= 15 is 0 Å². The summed E-state index contributed by atoms with van der Waals surface area (Å²) in [6.07, 6.45) is -0.377. The Bertz CT molecular complexity index is 574. The summed E-state index contributed by atoms with van der Waals surface area (Å²) in [5.41, 5.74) is 0.883. The molecule has 114 valence electrons. The number of nitrogens with one attached hydrogen (secondary N) is 1. The van der Waals surface area contributed by atoms with Crippen molar-refractivity contribution >= 4 is 17.9 Å². The number of aromatic nitrogens is 1. The summed E-state index contributed by atoms with van der Waals surface area (Å²) in [6, 6.07) is 3.31. The van der Waals surface area contributed by atoms with Crippen LogP contribution < -0.4 is 5.32 Å². The molecule has 1 aromatic rings. The number of nitrogens with zero attached hydrogens (tertiary/aromatic N) is 1. The van der Waals surface area contributed by atoms with E-state index in [0.29, 0.717) is 11.5 Å². The number of aliphatic carboxylic acids is 1. The van der Waals surface area contributed by atoms with Crippen molar-refractivity contribution in [1.29, 1.82) is 0 Å². The number of hydrogen-bond acceptors (Lipinski definition) is 4. The van der Waals surface area contributed by atoms with E-state index in [1.165, 1.54) is 0 Å². The molecule has 1 amide bonds. The van der Waals surface area contributed by atoms with Crippen LogP contribution in [0.1, 0.15) is 32.0 Å². The zero-order valence-corrected chi connectivity index (χ0v) is 12.7. The van der Waals surface area contributed by atoms with E-state index in [1.54, 1.807) is 39.8 Å². The van der Waals surface area contributed by atoms with Crippen molar-refractivity contribution in [3.63, 3.8) is 0 Å². The fourth-order valence-electron chi connectivity index (χ4n) is 1.56. The molecule has 21 heavy (non-hydrogen) atoms. The standard InChI is InChI=1S/C15H20N2O4/c1-9(13(18)19)8-11-6-7-12(16-10(11)2)17-14(20)21-15(3,4)5/h6-7H,1,8H2,2-5H3,(H,18,19)(H,16,17,20). The van der Waals surface area contributed by atoms with E-state index in [2.05, 4.69) is 16.9 Å². The topological polar surface area (TPSA) is 88.5 Å². The number of carbonyl (C=O) groups excluding carboxylic acids is 1. The van der Waals surface area contributed by atoms with E-state index in [1.807, 2.05) is 0 Å². The molecule has 0 aromatic carbocycles. The van der Waals surface area contributed by atoms with Gasteiger partial charge < -0.3 is 9.84 Å². The molecule has 0 atom stereocenters. The summed E-state index contributed by atoms with van der Waals surface area (Å²) in [7, 11) is 0. The maximum Gasteiger partial charge on any atom is 0.413 e. The number of carbonyl (C=O) groups is 2. The molecular formula is C15H20N2O4. The number of amides is 1. The van der Waals surface area contributed by atoms with E-state index in [0.717, 1.165) is 5.56 Å². The molecule has 0 aliphatic carbocycles. The van der Waals surface area contributed by atoms with Crippen molar-refractivity contribution in [3.05, 3.63) is 35.5 Å². The number of pyridine rings is 1. The lowest BCUT2D eigenvalue weighted by atomic mass is 10.1. The Morgan fingerprint density at radius 2 is 2.00 bits per heavy atom. The molecule has 0 aliphatic rings. The molecule has 1 rings (SSSR count). The quantitative estimate of drug-likeness (QED) is 0.833. The van der Waals surface area contributed by atoms with Crippen LogP contribution in [0.25, 0.3) is 0 Å². The molecule has 0 unspecified atom stereocenters. The molecule has 6 nitrogen and oxygen atoms in total. The minimum atomic E-state index is -1.04. The van der Waals surface area contributed by atoms with E-state index in [9.17, 15) is 9.59 Å². The summed E-state index contributed by atoms with van der Waals surface area (Å²) < 4.78 is 5.13. The average molecular weight is 292 g/mol. The molecule has 1 aromatic heterocycles. The van der Waals surface area contributed by atoms with Crippen LogP contribution in [0, 0.1) is 6.92 Å². The molecule has 0 saturated heterocycles. The van der Waals surface area contributed by atoms with Crippen molar-refractivity contribution in [2.75, 3.05) is 5.32 Å². The van der Waals surface area contributed by atoms with Gasteiger partial charge in [-0.2, -0.15) is 0 Å². The van der Waals surface area contributed by atoms with Crippen LogP contribution in [0.2, 0.25) is 0 Å². The number of anilines is 1. The maximum absolute atomic E-state index is 11.6. The molecule has 0 radical (unpaired) electrons.